The Morgan fingerprint density at radius 2 is 1.83 bits per heavy atom. The van der Waals surface area contributed by atoms with Crippen molar-refractivity contribution in [2.24, 2.45) is 0 Å². The van der Waals surface area contributed by atoms with Crippen LogP contribution in [0.5, 0.6) is 0 Å². The van der Waals surface area contributed by atoms with Crippen LogP contribution in [-0.4, -0.2) is 21.0 Å². The van der Waals surface area contributed by atoms with Gasteiger partial charge in [0.2, 0.25) is 0 Å². The summed E-state index contributed by atoms with van der Waals surface area (Å²) in [6.07, 6.45) is 2.15. The third-order valence-electron chi connectivity index (χ3n) is 4.43. The number of aliphatic hydroxyl groups is 1. The van der Waals surface area contributed by atoms with Gasteiger partial charge in [0, 0.05) is 19.2 Å². The van der Waals surface area contributed by atoms with E-state index in [2.05, 4.69) is 22.5 Å². The third kappa shape index (κ3) is 2.67. The van der Waals surface area contributed by atoms with Crippen LogP contribution in [-0.2, 0) is 13.0 Å². The predicted molar refractivity (Wildman–Crippen MR) is 89.3 cm³/mol. The molecule has 3 aromatic rings. The lowest BCUT2D eigenvalue weighted by Crippen LogP contribution is -2.29. The third-order valence-corrected chi connectivity index (χ3v) is 4.43. The molecule has 1 heterocycles. The van der Waals surface area contributed by atoms with E-state index in [4.69, 9.17) is 0 Å². The molecule has 1 aliphatic carbocycles. The molecular formula is C19H19N3O. The molecule has 0 bridgehead atoms. The van der Waals surface area contributed by atoms with Crippen molar-refractivity contribution in [2.45, 2.75) is 25.1 Å². The lowest BCUT2D eigenvalue weighted by atomic mass is 10.1. The number of aliphatic hydroxyl groups excluding tert-OH is 1. The topological polar surface area (TPSA) is 50.1 Å². The Labute approximate surface area is 135 Å². The molecule has 116 valence electrons. The van der Waals surface area contributed by atoms with Gasteiger partial charge in [0.05, 0.1) is 23.5 Å². The highest BCUT2D eigenvalue weighted by Gasteiger charge is 2.30. The first kappa shape index (κ1) is 14.2. The fourth-order valence-corrected chi connectivity index (χ4v) is 3.30. The number of rotatable bonds is 4. The van der Waals surface area contributed by atoms with Crippen LogP contribution >= 0.6 is 0 Å². The maximum atomic E-state index is 10.3. The van der Waals surface area contributed by atoms with Crippen molar-refractivity contribution >= 4 is 0 Å². The number of nitrogens with one attached hydrogen (secondary N) is 1. The van der Waals surface area contributed by atoms with Crippen LogP contribution in [0.25, 0.3) is 5.69 Å². The molecule has 0 saturated heterocycles. The summed E-state index contributed by atoms with van der Waals surface area (Å²) in [5.74, 6) is 0. The summed E-state index contributed by atoms with van der Waals surface area (Å²) in [6.45, 7) is 0.658. The van der Waals surface area contributed by atoms with Gasteiger partial charge in [-0.25, -0.2) is 4.68 Å². The summed E-state index contributed by atoms with van der Waals surface area (Å²) in [4.78, 5) is 0. The molecule has 4 heteroatoms. The van der Waals surface area contributed by atoms with Gasteiger partial charge in [0.1, 0.15) is 0 Å². The largest absolute Gasteiger partial charge is 0.391 e. The number of hydrogen-bond acceptors (Lipinski definition) is 3. The Bertz CT molecular complexity index is 797. The zero-order valence-corrected chi connectivity index (χ0v) is 12.8. The van der Waals surface area contributed by atoms with E-state index >= 15 is 0 Å². The number of hydrogen-bond donors (Lipinski definition) is 2. The number of aromatic nitrogens is 2. The number of nitrogens with zero attached hydrogens (tertiary/aromatic N) is 2. The van der Waals surface area contributed by atoms with E-state index < -0.39 is 0 Å². The Balaban J connectivity index is 1.54. The second-order valence-electron chi connectivity index (χ2n) is 5.90. The summed E-state index contributed by atoms with van der Waals surface area (Å²) < 4.78 is 1.93. The van der Waals surface area contributed by atoms with Crippen LogP contribution in [0.15, 0.2) is 66.9 Å². The summed E-state index contributed by atoms with van der Waals surface area (Å²) in [6, 6.07) is 20.3. The average Bonchev–Trinajstić information content (AvgIpc) is 3.17. The molecule has 4 nitrogen and oxygen atoms in total. The second kappa shape index (κ2) is 5.99. The maximum absolute atomic E-state index is 10.3. The maximum Gasteiger partial charge on any atom is 0.0775 e. The fourth-order valence-electron chi connectivity index (χ4n) is 3.30. The van der Waals surface area contributed by atoms with E-state index in [0.29, 0.717) is 13.0 Å². The van der Waals surface area contributed by atoms with Crippen LogP contribution in [0.4, 0.5) is 0 Å². The van der Waals surface area contributed by atoms with Gasteiger partial charge >= 0.3 is 0 Å². The van der Waals surface area contributed by atoms with Crippen molar-refractivity contribution in [2.75, 3.05) is 0 Å². The van der Waals surface area contributed by atoms with Gasteiger partial charge in [0.25, 0.3) is 0 Å². The van der Waals surface area contributed by atoms with Crippen LogP contribution in [0.3, 0.4) is 0 Å². The minimum atomic E-state index is -0.375. The minimum Gasteiger partial charge on any atom is -0.391 e. The van der Waals surface area contributed by atoms with E-state index in [1.807, 2.05) is 59.4 Å². The standard InChI is InChI=1S/C19H19N3O/c23-18-12-14-6-4-5-9-17(14)19(18)20-13-16-10-11-21-22(16)15-7-2-1-3-8-15/h1-11,18-20,23H,12-13H2/t18-,19+/m0/s1. The monoisotopic (exact) mass is 305 g/mol. The van der Waals surface area contributed by atoms with Gasteiger partial charge in [-0.2, -0.15) is 5.10 Å². The Morgan fingerprint density at radius 1 is 1.04 bits per heavy atom. The first-order valence-electron chi connectivity index (χ1n) is 7.90. The summed E-state index contributed by atoms with van der Waals surface area (Å²) in [5.41, 5.74) is 4.55. The normalized spacial score (nSPS) is 19.7. The smallest absolute Gasteiger partial charge is 0.0775 e. The van der Waals surface area contributed by atoms with Gasteiger partial charge in [-0.3, -0.25) is 0 Å². The molecule has 0 spiro atoms. The van der Waals surface area contributed by atoms with Crippen LogP contribution in [0.2, 0.25) is 0 Å². The Hall–Kier alpha value is -2.43. The first-order chi connectivity index (χ1) is 11.3. The van der Waals surface area contributed by atoms with E-state index in [9.17, 15) is 5.11 Å². The van der Waals surface area contributed by atoms with E-state index in [-0.39, 0.29) is 12.1 Å². The first-order valence-corrected chi connectivity index (χ1v) is 7.90. The Kier molecular flexibility index (Phi) is 3.69. The zero-order valence-electron chi connectivity index (χ0n) is 12.8. The summed E-state index contributed by atoms with van der Waals surface area (Å²) in [5, 5.41) is 18.2. The molecule has 0 unspecified atom stereocenters. The molecule has 2 atom stereocenters. The van der Waals surface area contributed by atoms with E-state index in [0.717, 1.165) is 11.4 Å². The van der Waals surface area contributed by atoms with Gasteiger partial charge in [-0.1, -0.05) is 42.5 Å². The van der Waals surface area contributed by atoms with E-state index in [1.54, 1.807) is 0 Å². The second-order valence-corrected chi connectivity index (χ2v) is 5.90. The highest BCUT2D eigenvalue weighted by atomic mass is 16.3. The lowest BCUT2D eigenvalue weighted by molar-refractivity contribution is 0.140. The molecule has 4 rings (SSSR count). The highest BCUT2D eigenvalue weighted by Crippen LogP contribution is 2.31. The van der Waals surface area contributed by atoms with Gasteiger partial charge in [0.15, 0.2) is 0 Å². The summed E-state index contributed by atoms with van der Waals surface area (Å²) in [7, 11) is 0. The van der Waals surface area contributed by atoms with Gasteiger partial charge in [-0.05, 0) is 29.3 Å². The molecule has 0 fully saturated rings. The molecule has 0 amide bonds. The predicted octanol–water partition coefficient (Wildman–Crippen LogP) is 2.62. The SMILES string of the molecule is O[C@H]1Cc2ccccc2[C@H]1NCc1ccnn1-c1ccccc1. The molecule has 0 saturated carbocycles. The van der Waals surface area contributed by atoms with Crippen molar-refractivity contribution in [1.82, 2.24) is 15.1 Å². The molecule has 1 aliphatic rings. The van der Waals surface area contributed by atoms with E-state index in [1.165, 1.54) is 11.1 Å². The van der Waals surface area contributed by atoms with Crippen LogP contribution in [0.1, 0.15) is 22.9 Å². The number of benzene rings is 2. The molecule has 0 radical (unpaired) electrons. The molecule has 2 N–H and O–H groups in total. The number of fused-ring (bicyclic) bond motifs is 1. The molecule has 23 heavy (non-hydrogen) atoms. The minimum absolute atomic E-state index is 0.0228. The zero-order chi connectivity index (χ0) is 15.6. The van der Waals surface area contributed by atoms with Crippen molar-refractivity contribution in [3.05, 3.63) is 83.7 Å². The van der Waals surface area contributed by atoms with Crippen molar-refractivity contribution in [1.29, 1.82) is 0 Å². The molecule has 2 aromatic carbocycles. The highest BCUT2D eigenvalue weighted by molar-refractivity contribution is 5.37. The van der Waals surface area contributed by atoms with Crippen LogP contribution < -0.4 is 5.32 Å². The van der Waals surface area contributed by atoms with Gasteiger partial charge < -0.3 is 10.4 Å². The van der Waals surface area contributed by atoms with Gasteiger partial charge in [-0.15, -0.1) is 0 Å². The summed E-state index contributed by atoms with van der Waals surface area (Å²) >= 11 is 0. The average molecular weight is 305 g/mol. The Morgan fingerprint density at radius 3 is 2.70 bits per heavy atom. The molecule has 0 aliphatic heterocycles. The van der Waals surface area contributed by atoms with Crippen molar-refractivity contribution < 1.29 is 5.11 Å². The quantitative estimate of drug-likeness (QED) is 0.779. The molecule has 1 aromatic heterocycles. The van der Waals surface area contributed by atoms with Crippen molar-refractivity contribution in [3.63, 3.8) is 0 Å². The molecular weight excluding hydrogens is 286 g/mol. The fraction of sp³-hybridized carbons (Fsp3) is 0.211. The number of para-hydroxylation sites is 1. The van der Waals surface area contributed by atoms with Crippen molar-refractivity contribution in [3.8, 4) is 5.69 Å². The lowest BCUT2D eigenvalue weighted by Gasteiger charge is -2.18. The van der Waals surface area contributed by atoms with Crippen LogP contribution in [0, 0.1) is 0 Å².